The Morgan fingerprint density at radius 2 is 1.76 bits per heavy atom. The number of carboxylic acids is 2. The highest BCUT2D eigenvalue weighted by Gasteiger charge is 2.37. The normalized spacial score (nSPS) is 17.9. The van der Waals surface area contributed by atoms with Gasteiger partial charge in [-0.25, -0.2) is 4.79 Å². The molecule has 0 saturated carbocycles. The van der Waals surface area contributed by atoms with Crippen molar-refractivity contribution in [2.75, 3.05) is 12.3 Å². The highest BCUT2D eigenvalue weighted by Crippen LogP contribution is 2.19. The van der Waals surface area contributed by atoms with E-state index in [2.05, 4.69) is 23.3 Å². The molecule has 11 nitrogen and oxygen atoms in total. The van der Waals surface area contributed by atoms with Crippen molar-refractivity contribution in [1.82, 2.24) is 15.5 Å². The Bertz CT molecular complexity index is 898. The maximum absolute atomic E-state index is 12.9. The summed E-state index contributed by atoms with van der Waals surface area (Å²) in [6.45, 7) is 0.355. The van der Waals surface area contributed by atoms with Gasteiger partial charge >= 0.3 is 11.9 Å². The summed E-state index contributed by atoms with van der Waals surface area (Å²) < 4.78 is 0. The van der Waals surface area contributed by atoms with E-state index in [1.165, 1.54) is 4.90 Å². The van der Waals surface area contributed by atoms with E-state index < -0.39 is 54.3 Å². The molecule has 34 heavy (non-hydrogen) atoms. The molecule has 1 fully saturated rings. The van der Waals surface area contributed by atoms with Crippen LogP contribution >= 0.6 is 12.6 Å². The fourth-order valence-corrected chi connectivity index (χ4v) is 3.99. The third-order valence-corrected chi connectivity index (χ3v) is 5.90. The second kappa shape index (κ2) is 12.9. The highest BCUT2D eigenvalue weighted by molar-refractivity contribution is 7.80. The number of thiol groups is 1. The van der Waals surface area contributed by atoms with Crippen LogP contribution in [0.4, 0.5) is 0 Å². The lowest BCUT2D eigenvalue weighted by molar-refractivity contribution is -0.143. The molecule has 0 aliphatic carbocycles. The summed E-state index contributed by atoms with van der Waals surface area (Å²) in [7, 11) is 0. The Balaban J connectivity index is 1.99. The molecule has 0 aromatic heterocycles. The molecule has 3 amide bonds. The number of amides is 3. The zero-order chi connectivity index (χ0) is 25.3. The van der Waals surface area contributed by atoms with E-state index >= 15 is 0 Å². The van der Waals surface area contributed by atoms with Gasteiger partial charge in [0.05, 0.1) is 6.04 Å². The van der Waals surface area contributed by atoms with Gasteiger partial charge in [0.15, 0.2) is 0 Å². The summed E-state index contributed by atoms with van der Waals surface area (Å²) in [4.78, 5) is 61.8. The number of nitrogens with one attached hydrogen (secondary N) is 2. The van der Waals surface area contributed by atoms with E-state index in [-0.39, 0.29) is 18.1 Å². The number of aliphatic carboxylic acids is 2. The summed E-state index contributed by atoms with van der Waals surface area (Å²) in [6.07, 6.45) is 0.549. The quantitative estimate of drug-likeness (QED) is 0.208. The smallest absolute Gasteiger partial charge is 0.326 e. The topological polar surface area (TPSA) is 179 Å². The van der Waals surface area contributed by atoms with Gasteiger partial charge in [0.1, 0.15) is 18.1 Å². The average Bonchev–Trinajstić information content (AvgIpc) is 3.29. The monoisotopic (exact) mass is 494 g/mol. The molecular formula is C22H30N4O7S. The number of hydrogen-bond donors (Lipinski definition) is 6. The molecule has 6 N–H and O–H groups in total. The van der Waals surface area contributed by atoms with E-state index in [1.54, 1.807) is 0 Å². The Morgan fingerprint density at radius 3 is 2.35 bits per heavy atom. The van der Waals surface area contributed by atoms with Gasteiger partial charge in [0.25, 0.3) is 0 Å². The van der Waals surface area contributed by atoms with Gasteiger partial charge in [0.2, 0.25) is 17.7 Å². The van der Waals surface area contributed by atoms with Crippen molar-refractivity contribution in [1.29, 1.82) is 0 Å². The first-order valence-corrected chi connectivity index (χ1v) is 11.5. The summed E-state index contributed by atoms with van der Waals surface area (Å²) in [6, 6.07) is 5.03. The standard InChI is InChI=1S/C22H30N4O7S/c23-14(11-13-5-2-1-3-6-13)21(31)26-10-4-7-17(26)20(30)25-16(12-34)19(29)24-15(22(32)33)8-9-18(27)28/h1-3,5-6,14-17,34H,4,7-12,23H2,(H,24,29)(H,25,30)(H,27,28)(H,32,33). The van der Waals surface area contributed by atoms with Crippen LogP contribution in [-0.4, -0.2) is 81.2 Å². The van der Waals surface area contributed by atoms with E-state index in [0.717, 1.165) is 5.56 Å². The number of carboxylic acid groups (broad SMARTS) is 2. The largest absolute Gasteiger partial charge is 0.481 e. The van der Waals surface area contributed by atoms with Crippen molar-refractivity contribution in [3.05, 3.63) is 35.9 Å². The lowest BCUT2D eigenvalue weighted by Gasteiger charge is -2.28. The van der Waals surface area contributed by atoms with Crippen LogP contribution in [0.1, 0.15) is 31.2 Å². The SMILES string of the molecule is NC(Cc1ccccc1)C(=O)N1CCCC1C(=O)NC(CS)C(=O)NC(CCC(=O)O)C(=O)O. The molecule has 1 aliphatic rings. The first-order valence-electron chi connectivity index (χ1n) is 10.9. The van der Waals surface area contributed by atoms with Crippen LogP contribution in [0.25, 0.3) is 0 Å². The maximum atomic E-state index is 12.9. The zero-order valence-electron chi connectivity index (χ0n) is 18.6. The van der Waals surface area contributed by atoms with E-state index in [9.17, 15) is 29.1 Å². The lowest BCUT2D eigenvalue weighted by atomic mass is 10.0. The van der Waals surface area contributed by atoms with Gasteiger partial charge in [-0.2, -0.15) is 12.6 Å². The third-order valence-electron chi connectivity index (χ3n) is 5.53. The molecule has 0 radical (unpaired) electrons. The fourth-order valence-electron chi connectivity index (χ4n) is 3.73. The Morgan fingerprint density at radius 1 is 1.09 bits per heavy atom. The average molecular weight is 495 g/mol. The summed E-state index contributed by atoms with van der Waals surface area (Å²) in [5.41, 5.74) is 7.00. The van der Waals surface area contributed by atoms with Gasteiger partial charge in [0, 0.05) is 18.7 Å². The second-order valence-electron chi connectivity index (χ2n) is 8.06. The van der Waals surface area contributed by atoms with Crippen molar-refractivity contribution in [3.8, 4) is 0 Å². The Hall–Kier alpha value is -3.12. The number of rotatable bonds is 12. The number of nitrogens with two attached hydrogens (primary N) is 1. The molecule has 1 saturated heterocycles. The van der Waals surface area contributed by atoms with Gasteiger partial charge in [-0.3, -0.25) is 19.2 Å². The van der Waals surface area contributed by atoms with Crippen molar-refractivity contribution in [3.63, 3.8) is 0 Å². The third kappa shape index (κ3) is 7.73. The predicted molar refractivity (Wildman–Crippen MR) is 125 cm³/mol. The molecule has 1 aliphatic heterocycles. The molecule has 4 atom stereocenters. The van der Waals surface area contributed by atoms with Gasteiger partial charge in [-0.1, -0.05) is 30.3 Å². The van der Waals surface area contributed by atoms with Crippen LogP contribution < -0.4 is 16.4 Å². The molecule has 0 bridgehead atoms. The van der Waals surface area contributed by atoms with Crippen molar-refractivity contribution >= 4 is 42.3 Å². The van der Waals surface area contributed by atoms with Crippen LogP contribution in [0.5, 0.6) is 0 Å². The maximum Gasteiger partial charge on any atom is 0.326 e. The van der Waals surface area contributed by atoms with E-state index in [1.807, 2.05) is 30.3 Å². The number of benzene rings is 1. The van der Waals surface area contributed by atoms with Crippen molar-refractivity contribution < 1.29 is 34.2 Å². The number of hydrogen-bond acceptors (Lipinski definition) is 7. The first kappa shape index (κ1) is 27.1. The minimum absolute atomic E-state index is 0.128. The molecule has 1 aromatic carbocycles. The van der Waals surface area contributed by atoms with Crippen molar-refractivity contribution in [2.45, 2.75) is 56.3 Å². The minimum atomic E-state index is -1.43. The van der Waals surface area contributed by atoms with E-state index in [4.69, 9.17) is 10.8 Å². The van der Waals surface area contributed by atoms with Crippen LogP contribution in [0.3, 0.4) is 0 Å². The first-order chi connectivity index (χ1) is 16.1. The molecule has 0 spiro atoms. The fraction of sp³-hybridized carbons (Fsp3) is 0.500. The summed E-state index contributed by atoms with van der Waals surface area (Å²) in [5.74, 6) is -4.46. The lowest BCUT2D eigenvalue weighted by Crippen LogP contribution is -2.57. The van der Waals surface area contributed by atoms with E-state index in [0.29, 0.717) is 25.8 Å². The van der Waals surface area contributed by atoms with Gasteiger partial charge in [-0.15, -0.1) is 0 Å². The zero-order valence-corrected chi connectivity index (χ0v) is 19.4. The summed E-state index contributed by atoms with van der Waals surface area (Å²) in [5, 5.41) is 22.7. The number of carbonyl (C=O) groups is 5. The van der Waals surface area contributed by atoms with Crippen LogP contribution in [0, 0.1) is 0 Å². The van der Waals surface area contributed by atoms with Crippen LogP contribution in [0.15, 0.2) is 30.3 Å². The van der Waals surface area contributed by atoms with Crippen molar-refractivity contribution in [2.24, 2.45) is 5.73 Å². The Labute approximate surface area is 202 Å². The molecule has 1 heterocycles. The number of carbonyl (C=O) groups excluding carboxylic acids is 3. The molecular weight excluding hydrogens is 464 g/mol. The molecule has 12 heteroatoms. The highest BCUT2D eigenvalue weighted by atomic mass is 32.1. The predicted octanol–water partition coefficient (Wildman–Crippen LogP) is -0.604. The molecule has 186 valence electrons. The molecule has 4 unspecified atom stereocenters. The molecule has 1 aromatic rings. The van der Waals surface area contributed by atoms with Crippen LogP contribution in [-0.2, 0) is 30.4 Å². The summed E-state index contributed by atoms with van der Waals surface area (Å²) >= 11 is 4.06. The van der Waals surface area contributed by atoms with Crippen LogP contribution in [0.2, 0.25) is 0 Å². The number of likely N-dealkylation sites (tertiary alicyclic amines) is 1. The minimum Gasteiger partial charge on any atom is -0.481 e. The number of nitrogens with zero attached hydrogens (tertiary/aromatic N) is 1. The Kier molecular flexibility index (Phi) is 10.3. The second-order valence-corrected chi connectivity index (χ2v) is 8.43. The van der Waals surface area contributed by atoms with Gasteiger partial charge < -0.3 is 31.5 Å². The van der Waals surface area contributed by atoms with Gasteiger partial charge in [-0.05, 0) is 31.2 Å². The molecule has 2 rings (SSSR count).